The van der Waals surface area contributed by atoms with Crippen LogP contribution < -0.4 is 14.2 Å². The number of Topliss-reactive ketones (excluding diaryl/α,β-unsaturated/α-hetero) is 1. The highest BCUT2D eigenvalue weighted by molar-refractivity contribution is 6.46. The Hall–Kier alpha value is -4.33. The van der Waals surface area contributed by atoms with E-state index in [0.29, 0.717) is 35.0 Å². The van der Waals surface area contributed by atoms with Gasteiger partial charge in [0, 0.05) is 30.1 Å². The molecular weight excluding hydrogens is 460 g/mol. The number of pyridine rings is 1. The standard InChI is InChI=1S/C28H28N2O6/c1-4-15-36-20-12-10-19(11-13-20)25(31)23-24(21-8-5-9-22(34-2)27(21)35-3)30(28(33)26(23)32)17-18-7-6-14-29-16-18/h5-14,16,24,31H,4,15,17H2,1-3H3/b25-23-. The van der Waals surface area contributed by atoms with Crippen LogP contribution in [0.5, 0.6) is 17.2 Å². The van der Waals surface area contributed by atoms with Crippen LogP contribution in [0.2, 0.25) is 0 Å². The predicted octanol–water partition coefficient (Wildman–Crippen LogP) is 4.51. The number of carbonyl (C=O) groups is 2. The third-order valence-corrected chi connectivity index (χ3v) is 5.94. The highest BCUT2D eigenvalue weighted by Gasteiger charge is 2.47. The Morgan fingerprint density at radius 2 is 1.81 bits per heavy atom. The van der Waals surface area contributed by atoms with Gasteiger partial charge in [0.25, 0.3) is 11.7 Å². The maximum Gasteiger partial charge on any atom is 0.295 e. The van der Waals surface area contributed by atoms with E-state index in [0.717, 1.165) is 12.0 Å². The number of nitrogens with zero attached hydrogens (tertiary/aromatic N) is 2. The van der Waals surface area contributed by atoms with Gasteiger partial charge in [-0.15, -0.1) is 0 Å². The predicted molar refractivity (Wildman–Crippen MR) is 134 cm³/mol. The molecule has 0 radical (unpaired) electrons. The quantitative estimate of drug-likeness (QED) is 0.269. The first-order valence-corrected chi connectivity index (χ1v) is 11.6. The number of aliphatic hydroxyl groups excluding tert-OH is 1. The van der Waals surface area contributed by atoms with E-state index in [-0.39, 0.29) is 17.9 Å². The molecule has 1 atom stereocenters. The zero-order valence-corrected chi connectivity index (χ0v) is 20.4. The molecule has 2 heterocycles. The van der Waals surface area contributed by atoms with Gasteiger partial charge in [0.1, 0.15) is 11.5 Å². The van der Waals surface area contributed by atoms with Crippen LogP contribution in [0, 0.1) is 0 Å². The minimum Gasteiger partial charge on any atom is -0.507 e. The lowest BCUT2D eigenvalue weighted by Crippen LogP contribution is -2.29. The summed E-state index contributed by atoms with van der Waals surface area (Å²) < 4.78 is 16.7. The molecule has 186 valence electrons. The first-order valence-electron chi connectivity index (χ1n) is 11.6. The van der Waals surface area contributed by atoms with Crippen LogP contribution in [0.1, 0.15) is 36.1 Å². The van der Waals surface area contributed by atoms with Gasteiger partial charge < -0.3 is 24.2 Å². The maximum atomic E-state index is 13.3. The molecule has 1 unspecified atom stereocenters. The van der Waals surface area contributed by atoms with Gasteiger partial charge >= 0.3 is 0 Å². The van der Waals surface area contributed by atoms with Gasteiger partial charge in [0.2, 0.25) is 0 Å². The average Bonchev–Trinajstić information content (AvgIpc) is 3.16. The molecule has 1 N–H and O–H groups in total. The van der Waals surface area contributed by atoms with Gasteiger partial charge in [-0.05, 0) is 48.4 Å². The van der Waals surface area contributed by atoms with Gasteiger partial charge in [0.05, 0.1) is 32.4 Å². The Labute approximate surface area is 209 Å². The van der Waals surface area contributed by atoms with Crippen molar-refractivity contribution in [2.24, 2.45) is 0 Å². The van der Waals surface area contributed by atoms with Crippen LogP contribution >= 0.6 is 0 Å². The molecule has 1 amide bonds. The zero-order chi connectivity index (χ0) is 25.7. The van der Waals surface area contributed by atoms with Crippen molar-refractivity contribution in [1.82, 2.24) is 9.88 Å². The summed E-state index contributed by atoms with van der Waals surface area (Å²) in [6.45, 7) is 2.70. The summed E-state index contributed by atoms with van der Waals surface area (Å²) in [5.41, 5.74) is 1.62. The SMILES string of the molecule is CCCOc1ccc(/C(O)=C2/C(=O)C(=O)N(Cc3cccnc3)C2c2cccc(OC)c2OC)cc1. The number of ether oxygens (including phenoxy) is 3. The zero-order valence-electron chi connectivity index (χ0n) is 20.4. The Bertz CT molecular complexity index is 1270. The molecule has 1 fully saturated rings. The number of aromatic nitrogens is 1. The second kappa shape index (κ2) is 10.9. The Morgan fingerprint density at radius 1 is 1.03 bits per heavy atom. The fourth-order valence-electron chi connectivity index (χ4n) is 4.27. The summed E-state index contributed by atoms with van der Waals surface area (Å²) in [6, 6.07) is 14.7. The monoisotopic (exact) mass is 488 g/mol. The second-order valence-electron chi connectivity index (χ2n) is 8.24. The number of rotatable bonds is 9. The largest absolute Gasteiger partial charge is 0.507 e. The molecule has 0 spiro atoms. The van der Waals surface area contributed by atoms with Crippen molar-refractivity contribution in [2.45, 2.75) is 25.9 Å². The summed E-state index contributed by atoms with van der Waals surface area (Å²) in [4.78, 5) is 32.2. The topological polar surface area (TPSA) is 98.2 Å². The Balaban J connectivity index is 1.86. The normalized spacial score (nSPS) is 16.8. The summed E-state index contributed by atoms with van der Waals surface area (Å²) in [6.07, 6.45) is 4.13. The van der Waals surface area contributed by atoms with Gasteiger partial charge in [-0.2, -0.15) is 0 Å². The van der Waals surface area contributed by atoms with E-state index in [2.05, 4.69) is 4.98 Å². The van der Waals surface area contributed by atoms with Gasteiger partial charge in [0.15, 0.2) is 11.5 Å². The number of para-hydroxylation sites is 1. The van der Waals surface area contributed by atoms with E-state index in [1.165, 1.54) is 19.1 Å². The molecule has 1 aromatic heterocycles. The molecule has 36 heavy (non-hydrogen) atoms. The van der Waals surface area contributed by atoms with Gasteiger partial charge in [-0.25, -0.2) is 0 Å². The van der Waals surface area contributed by atoms with Crippen LogP contribution in [-0.4, -0.2) is 47.5 Å². The molecule has 1 saturated heterocycles. The number of methoxy groups -OCH3 is 2. The van der Waals surface area contributed by atoms with E-state index in [1.54, 1.807) is 60.9 Å². The highest BCUT2D eigenvalue weighted by atomic mass is 16.5. The third kappa shape index (κ3) is 4.75. The number of carbonyl (C=O) groups excluding carboxylic acids is 2. The lowest BCUT2D eigenvalue weighted by Gasteiger charge is -2.27. The molecule has 0 bridgehead atoms. The molecule has 8 heteroatoms. The minimum atomic E-state index is -0.911. The van der Waals surface area contributed by atoms with Crippen molar-refractivity contribution in [1.29, 1.82) is 0 Å². The second-order valence-corrected chi connectivity index (χ2v) is 8.24. The van der Waals surface area contributed by atoms with Crippen LogP contribution in [-0.2, 0) is 16.1 Å². The minimum absolute atomic E-state index is 0.0299. The van der Waals surface area contributed by atoms with Crippen molar-refractivity contribution < 1.29 is 28.9 Å². The summed E-state index contributed by atoms with van der Waals surface area (Å²) >= 11 is 0. The molecular formula is C28H28N2O6. The smallest absolute Gasteiger partial charge is 0.295 e. The van der Waals surface area contributed by atoms with Crippen LogP contribution in [0.3, 0.4) is 0 Å². The Kier molecular flexibility index (Phi) is 7.53. The highest BCUT2D eigenvalue weighted by Crippen LogP contribution is 2.46. The number of aliphatic hydroxyl groups is 1. The van der Waals surface area contributed by atoms with Crippen LogP contribution in [0.25, 0.3) is 5.76 Å². The number of benzene rings is 2. The van der Waals surface area contributed by atoms with Crippen molar-refractivity contribution >= 4 is 17.4 Å². The molecule has 1 aliphatic heterocycles. The molecule has 4 rings (SSSR count). The first kappa shape index (κ1) is 24.8. The lowest BCUT2D eigenvalue weighted by atomic mass is 9.94. The fourth-order valence-corrected chi connectivity index (χ4v) is 4.27. The lowest BCUT2D eigenvalue weighted by molar-refractivity contribution is -0.140. The van der Waals surface area contributed by atoms with E-state index in [4.69, 9.17) is 14.2 Å². The van der Waals surface area contributed by atoms with Gasteiger partial charge in [-0.1, -0.05) is 25.1 Å². The number of hydrogen-bond donors (Lipinski definition) is 1. The first-order chi connectivity index (χ1) is 17.5. The van der Waals surface area contributed by atoms with Gasteiger partial charge in [-0.3, -0.25) is 14.6 Å². The van der Waals surface area contributed by atoms with E-state index < -0.39 is 17.7 Å². The van der Waals surface area contributed by atoms with Crippen molar-refractivity contribution in [3.05, 3.63) is 89.3 Å². The van der Waals surface area contributed by atoms with Crippen molar-refractivity contribution in [3.63, 3.8) is 0 Å². The van der Waals surface area contributed by atoms with Crippen LogP contribution in [0.15, 0.2) is 72.6 Å². The number of ketones is 1. The maximum absolute atomic E-state index is 13.3. The molecule has 2 aromatic carbocycles. The number of likely N-dealkylation sites (tertiary alicyclic amines) is 1. The Morgan fingerprint density at radius 3 is 2.44 bits per heavy atom. The fraction of sp³-hybridized carbons (Fsp3) is 0.250. The average molecular weight is 489 g/mol. The van der Waals surface area contributed by atoms with E-state index >= 15 is 0 Å². The molecule has 8 nitrogen and oxygen atoms in total. The van der Waals surface area contributed by atoms with Crippen molar-refractivity contribution in [2.75, 3.05) is 20.8 Å². The molecule has 0 saturated carbocycles. The van der Waals surface area contributed by atoms with E-state index in [1.807, 2.05) is 13.0 Å². The summed E-state index contributed by atoms with van der Waals surface area (Å²) in [7, 11) is 3.00. The van der Waals surface area contributed by atoms with Crippen LogP contribution in [0.4, 0.5) is 0 Å². The molecule has 1 aliphatic rings. The summed E-state index contributed by atoms with van der Waals surface area (Å²) in [5, 5.41) is 11.3. The molecule has 3 aromatic rings. The summed E-state index contributed by atoms with van der Waals surface area (Å²) in [5.74, 6) is -0.317. The number of amides is 1. The molecule has 0 aliphatic carbocycles. The van der Waals surface area contributed by atoms with E-state index in [9.17, 15) is 14.7 Å². The van der Waals surface area contributed by atoms with Crippen molar-refractivity contribution in [3.8, 4) is 17.2 Å². The number of hydrogen-bond acceptors (Lipinski definition) is 7. The third-order valence-electron chi connectivity index (χ3n) is 5.94.